The molecule has 1 aromatic heterocycles. The van der Waals surface area contributed by atoms with Crippen molar-refractivity contribution in [2.45, 2.75) is 59.3 Å². The lowest BCUT2D eigenvalue weighted by atomic mass is 9.86. The number of esters is 2. The van der Waals surface area contributed by atoms with Crippen LogP contribution in [0, 0.1) is 24.7 Å². The van der Waals surface area contributed by atoms with Crippen molar-refractivity contribution in [2.75, 3.05) is 18.5 Å². The Hall–Kier alpha value is -1.89. The van der Waals surface area contributed by atoms with Gasteiger partial charge in [0.2, 0.25) is 0 Å². The third-order valence-electron chi connectivity index (χ3n) is 5.98. The molecule has 1 heterocycles. The van der Waals surface area contributed by atoms with Crippen LogP contribution in [0.15, 0.2) is 0 Å². The first-order valence-electron chi connectivity index (χ1n) is 10.2. The van der Waals surface area contributed by atoms with E-state index in [1.807, 2.05) is 13.8 Å². The molecule has 0 unspecified atom stereocenters. The molecule has 154 valence electrons. The van der Waals surface area contributed by atoms with E-state index < -0.39 is 11.9 Å². The first-order chi connectivity index (χ1) is 13.4. The molecule has 0 radical (unpaired) electrons. The number of nitrogens with one attached hydrogen (secondary N) is 1. The lowest BCUT2D eigenvalue weighted by molar-refractivity contribution is -0.148. The van der Waals surface area contributed by atoms with Gasteiger partial charge >= 0.3 is 11.9 Å². The predicted molar refractivity (Wildman–Crippen MR) is 108 cm³/mol. The van der Waals surface area contributed by atoms with Gasteiger partial charge in [-0.3, -0.25) is 9.59 Å². The molecule has 0 saturated heterocycles. The fourth-order valence-corrected chi connectivity index (χ4v) is 5.79. The van der Waals surface area contributed by atoms with Gasteiger partial charge in [-0.2, -0.15) is 0 Å². The molecule has 2 aliphatic rings. The molecule has 2 fully saturated rings. The number of hydrogen-bond donors (Lipinski definition) is 1. The van der Waals surface area contributed by atoms with Gasteiger partial charge in [0, 0.05) is 11.3 Å². The molecule has 3 rings (SSSR count). The number of fused-ring (bicyclic) bond motifs is 2. The summed E-state index contributed by atoms with van der Waals surface area (Å²) in [6.07, 6.45) is 6.03. The van der Waals surface area contributed by atoms with Crippen molar-refractivity contribution < 1.29 is 23.9 Å². The minimum atomic E-state index is -0.445. The first kappa shape index (κ1) is 20.8. The summed E-state index contributed by atoms with van der Waals surface area (Å²) in [5.74, 6) is 0.657. The second-order valence-electron chi connectivity index (χ2n) is 7.78. The minimum absolute atomic E-state index is 0.267. The number of ether oxygens (including phenoxy) is 2. The van der Waals surface area contributed by atoms with Crippen LogP contribution in [0.5, 0.6) is 0 Å². The van der Waals surface area contributed by atoms with Gasteiger partial charge in [0.1, 0.15) is 5.00 Å². The number of amides is 1. The van der Waals surface area contributed by atoms with Gasteiger partial charge in [0.15, 0.2) is 6.61 Å². The number of hydrogen-bond acceptors (Lipinski definition) is 6. The Labute approximate surface area is 170 Å². The maximum Gasteiger partial charge on any atom is 0.341 e. The highest BCUT2D eigenvalue weighted by atomic mass is 32.1. The van der Waals surface area contributed by atoms with Crippen molar-refractivity contribution in [3.8, 4) is 0 Å². The Bertz CT molecular complexity index is 756. The molecule has 0 spiro atoms. The van der Waals surface area contributed by atoms with E-state index in [9.17, 15) is 14.4 Å². The van der Waals surface area contributed by atoms with Crippen LogP contribution < -0.4 is 5.32 Å². The third kappa shape index (κ3) is 4.57. The Balaban J connectivity index is 1.54. The van der Waals surface area contributed by atoms with Gasteiger partial charge in [-0.05, 0) is 62.8 Å². The van der Waals surface area contributed by atoms with Gasteiger partial charge in [0.25, 0.3) is 5.91 Å². The van der Waals surface area contributed by atoms with Gasteiger partial charge < -0.3 is 14.8 Å². The Kier molecular flexibility index (Phi) is 6.75. The number of carbonyl (C=O) groups is 3. The number of carbonyl (C=O) groups excluding carboxylic acids is 3. The van der Waals surface area contributed by atoms with Crippen LogP contribution in [-0.4, -0.2) is 31.1 Å². The zero-order valence-corrected chi connectivity index (χ0v) is 17.7. The van der Waals surface area contributed by atoms with E-state index in [1.165, 1.54) is 30.6 Å². The summed E-state index contributed by atoms with van der Waals surface area (Å²) in [4.78, 5) is 37.7. The molecule has 3 atom stereocenters. The maximum absolute atomic E-state index is 12.3. The van der Waals surface area contributed by atoms with E-state index in [2.05, 4.69) is 5.32 Å². The van der Waals surface area contributed by atoms with Crippen LogP contribution in [0.3, 0.4) is 0 Å². The minimum Gasteiger partial charge on any atom is -0.462 e. The summed E-state index contributed by atoms with van der Waals surface area (Å²) in [5, 5.41) is 3.18. The molecule has 7 heteroatoms. The number of thiophene rings is 1. The number of rotatable bonds is 8. The molecular formula is C21H29NO5S. The second-order valence-corrected chi connectivity index (χ2v) is 8.88. The van der Waals surface area contributed by atoms with Crippen LogP contribution in [-0.2, 0) is 25.5 Å². The van der Waals surface area contributed by atoms with Gasteiger partial charge in [-0.1, -0.05) is 13.3 Å². The normalized spacial score (nSPS) is 22.9. The van der Waals surface area contributed by atoms with E-state index in [1.54, 1.807) is 6.92 Å². The average molecular weight is 408 g/mol. The van der Waals surface area contributed by atoms with Crippen molar-refractivity contribution in [1.29, 1.82) is 0 Å². The average Bonchev–Trinajstić information content (AvgIpc) is 3.34. The lowest BCUT2D eigenvalue weighted by Crippen LogP contribution is -2.23. The van der Waals surface area contributed by atoms with Crippen LogP contribution in [0.25, 0.3) is 0 Å². The van der Waals surface area contributed by atoms with E-state index in [4.69, 9.17) is 9.47 Å². The van der Waals surface area contributed by atoms with Crippen LogP contribution in [0.2, 0.25) is 0 Å². The predicted octanol–water partition coefficient (Wildman–Crippen LogP) is 4.10. The molecule has 2 aliphatic carbocycles. The molecule has 0 aliphatic heterocycles. The van der Waals surface area contributed by atoms with Crippen LogP contribution in [0.4, 0.5) is 5.00 Å². The van der Waals surface area contributed by atoms with Gasteiger partial charge in [-0.15, -0.1) is 11.3 Å². The highest BCUT2D eigenvalue weighted by Gasteiger charge is 2.40. The lowest BCUT2D eigenvalue weighted by Gasteiger charge is -2.20. The zero-order valence-electron chi connectivity index (χ0n) is 16.8. The van der Waals surface area contributed by atoms with Crippen LogP contribution >= 0.6 is 11.3 Å². The van der Waals surface area contributed by atoms with Crippen molar-refractivity contribution in [3.05, 3.63) is 16.0 Å². The quantitative estimate of drug-likeness (QED) is 0.656. The summed E-state index contributed by atoms with van der Waals surface area (Å²) >= 11 is 1.36. The number of anilines is 1. The fourth-order valence-electron chi connectivity index (χ4n) is 4.64. The topological polar surface area (TPSA) is 81.7 Å². The molecule has 1 aromatic rings. The molecule has 1 amide bonds. The Morgan fingerprint density at radius 3 is 2.54 bits per heavy atom. The van der Waals surface area contributed by atoms with Crippen molar-refractivity contribution in [3.63, 3.8) is 0 Å². The monoisotopic (exact) mass is 407 g/mol. The van der Waals surface area contributed by atoms with Crippen molar-refractivity contribution in [1.82, 2.24) is 0 Å². The van der Waals surface area contributed by atoms with Crippen molar-refractivity contribution >= 4 is 34.2 Å². The summed E-state index contributed by atoms with van der Waals surface area (Å²) in [6.45, 7) is 5.53. The molecule has 2 saturated carbocycles. The first-order valence-corrected chi connectivity index (χ1v) is 11.0. The fraction of sp³-hybridized carbons (Fsp3) is 0.667. The summed E-state index contributed by atoms with van der Waals surface area (Å²) < 4.78 is 10.3. The third-order valence-corrected chi connectivity index (χ3v) is 7.33. The highest BCUT2D eigenvalue weighted by Crippen LogP contribution is 2.49. The summed E-state index contributed by atoms with van der Waals surface area (Å²) in [5.41, 5.74) is 1.22. The van der Waals surface area contributed by atoms with E-state index >= 15 is 0 Å². The molecule has 1 N–H and O–H groups in total. The molecule has 28 heavy (non-hydrogen) atoms. The standard InChI is InChI=1S/C21H29NO5S/c1-4-16-12(3)19(21(25)26-5-2)20(28-16)22-17(23)11-27-18(24)10-15-9-13-6-7-14(15)8-13/h13-15H,4-11H2,1-3H3,(H,22,23)/t13-,14+,15+/m0/s1. The summed E-state index contributed by atoms with van der Waals surface area (Å²) in [6, 6.07) is 0. The van der Waals surface area contributed by atoms with Gasteiger partial charge in [-0.25, -0.2) is 4.79 Å². The zero-order chi connectivity index (χ0) is 20.3. The highest BCUT2D eigenvalue weighted by molar-refractivity contribution is 7.17. The smallest absolute Gasteiger partial charge is 0.341 e. The van der Waals surface area contributed by atoms with Crippen LogP contribution in [0.1, 0.15) is 66.8 Å². The number of aryl methyl sites for hydroxylation is 1. The molecular weight excluding hydrogens is 378 g/mol. The molecule has 0 aromatic carbocycles. The Morgan fingerprint density at radius 2 is 1.93 bits per heavy atom. The van der Waals surface area contributed by atoms with E-state index in [0.717, 1.165) is 29.2 Å². The SMILES string of the molecule is CCOC(=O)c1c(NC(=O)COC(=O)C[C@H]2C[C@H]3CC[C@@H]2C3)sc(CC)c1C. The van der Waals surface area contributed by atoms with Gasteiger partial charge in [0.05, 0.1) is 12.2 Å². The summed E-state index contributed by atoms with van der Waals surface area (Å²) in [7, 11) is 0. The van der Waals surface area contributed by atoms with E-state index in [-0.39, 0.29) is 19.2 Å². The Morgan fingerprint density at radius 1 is 1.14 bits per heavy atom. The second kappa shape index (κ2) is 9.07. The van der Waals surface area contributed by atoms with Crippen molar-refractivity contribution in [2.24, 2.45) is 17.8 Å². The van der Waals surface area contributed by atoms with E-state index in [0.29, 0.717) is 28.8 Å². The molecule has 6 nitrogen and oxygen atoms in total. The molecule has 2 bridgehead atoms. The maximum atomic E-state index is 12.3. The largest absolute Gasteiger partial charge is 0.462 e.